The first-order chi connectivity index (χ1) is 12.3. The average Bonchev–Trinajstić information content (AvgIpc) is 2.69. The second-order valence-electron chi connectivity index (χ2n) is 6.63. The minimum atomic E-state index is 0.616. The van der Waals surface area contributed by atoms with Crippen molar-refractivity contribution in [2.24, 2.45) is 0 Å². The molecule has 134 valence electrons. The number of hydrogen-bond acceptors (Lipinski definition) is 7. The molecule has 0 bridgehead atoms. The largest absolute Gasteiger partial charge is 0.481 e. The maximum Gasteiger partial charge on any atom is 0.215 e. The number of nitrogens with zero attached hydrogens (tertiary/aromatic N) is 4. The molecule has 2 saturated heterocycles. The summed E-state index contributed by atoms with van der Waals surface area (Å²) in [4.78, 5) is 14.3. The highest BCUT2D eigenvalue weighted by atomic mass is 16.5. The number of methoxy groups -OCH3 is 1. The zero-order valence-corrected chi connectivity index (χ0v) is 14.8. The Morgan fingerprint density at radius 1 is 1.00 bits per heavy atom. The van der Waals surface area contributed by atoms with Crippen LogP contribution in [0.15, 0.2) is 18.2 Å². The number of rotatable bonds is 4. The molecule has 4 rings (SSSR count). The normalized spacial score (nSPS) is 19.3. The quantitative estimate of drug-likeness (QED) is 0.836. The van der Waals surface area contributed by atoms with Gasteiger partial charge in [-0.3, -0.25) is 4.90 Å². The summed E-state index contributed by atoms with van der Waals surface area (Å²) in [7, 11) is 1.65. The first kappa shape index (κ1) is 16.5. The molecule has 2 aromatic heterocycles. The first-order valence-electron chi connectivity index (χ1n) is 9.07. The van der Waals surface area contributed by atoms with Gasteiger partial charge in [0.1, 0.15) is 5.82 Å². The molecular weight excluding hydrogens is 316 g/mol. The van der Waals surface area contributed by atoms with Gasteiger partial charge in [-0.2, -0.15) is 4.98 Å². The number of fused-ring (bicyclic) bond motifs is 1. The van der Waals surface area contributed by atoms with E-state index in [0.717, 1.165) is 75.8 Å². The van der Waals surface area contributed by atoms with E-state index >= 15 is 0 Å². The third-order valence-electron chi connectivity index (χ3n) is 4.97. The highest BCUT2D eigenvalue weighted by Crippen LogP contribution is 2.25. The van der Waals surface area contributed by atoms with Crippen molar-refractivity contribution in [1.82, 2.24) is 25.5 Å². The average molecular weight is 342 g/mol. The highest BCUT2D eigenvalue weighted by molar-refractivity contribution is 5.81. The summed E-state index contributed by atoms with van der Waals surface area (Å²) in [5.74, 6) is 1.64. The maximum atomic E-state index is 5.30. The van der Waals surface area contributed by atoms with Crippen LogP contribution in [0.4, 0.5) is 5.82 Å². The number of anilines is 1. The topological polar surface area (TPSA) is 65.6 Å². The van der Waals surface area contributed by atoms with Crippen LogP contribution in [0.1, 0.15) is 5.56 Å². The molecule has 0 atom stereocenters. The summed E-state index contributed by atoms with van der Waals surface area (Å²) >= 11 is 0. The predicted molar refractivity (Wildman–Crippen MR) is 99.3 cm³/mol. The number of aromatic nitrogens is 2. The van der Waals surface area contributed by atoms with Crippen LogP contribution >= 0.6 is 0 Å². The van der Waals surface area contributed by atoms with Crippen LogP contribution in [0.5, 0.6) is 5.88 Å². The fraction of sp³-hybridized carbons (Fsp3) is 0.556. The molecule has 2 N–H and O–H groups in total. The zero-order valence-electron chi connectivity index (χ0n) is 14.8. The van der Waals surface area contributed by atoms with Gasteiger partial charge in [-0.15, -0.1) is 0 Å². The van der Waals surface area contributed by atoms with Gasteiger partial charge >= 0.3 is 0 Å². The van der Waals surface area contributed by atoms with Crippen molar-refractivity contribution in [2.45, 2.75) is 6.54 Å². The summed E-state index contributed by atoms with van der Waals surface area (Å²) in [5, 5.41) is 7.94. The summed E-state index contributed by atoms with van der Waals surface area (Å²) in [5.41, 5.74) is 2.08. The van der Waals surface area contributed by atoms with Gasteiger partial charge in [0.05, 0.1) is 7.11 Å². The van der Waals surface area contributed by atoms with Gasteiger partial charge in [0.2, 0.25) is 5.88 Å². The van der Waals surface area contributed by atoms with E-state index in [1.807, 2.05) is 6.07 Å². The molecule has 0 saturated carbocycles. The Morgan fingerprint density at radius 2 is 1.72 bits per heavy atom. The predicted octanol–water partition coefficient (Wildman–Crippen LogP) is 0.453. The van der Waals surface area contributed by atoms with Gasteiger partial charge in [-0.25, -0.2) is 4.98 Å². The van der Waals surface area contributed by atoms with E-state index in [1.165, 1.54) is 5.56 Å². The molecule has 7 nitrogen and oxygen atoms in total. The third-order valence-corrected chi connectivity index (χ3v) is 4.97. The minimum absolute atomic E-state index is 0.616. The van der Waals surface area contributed by atoms with E-state index in [1.54, 1.807) is 7.11 Å². The van der Waals surface area contributed by atoms with E-state index in [4.69, 9.17) is 9.72 Å². The van der Waals surface area contributed by atoms with Crippen LogP contribution in [0.2, 0.25) is 0 Å². The standard InChI is InChI=1S/C18H26N6O/c1-25-17-3-2-15-14(13-23-8-4-19-5-9-23)12-16(21-18(15)22-17)24-10-6-20-7-11-24/h2-3,12,19-20H,4-11,13H2,1H3. The second kappa shape index (κ2) is 7.51. The molecule has 4 heterocycles. The fourth-order valence-corrected chi connectivity index (χ4v) is 3.55. The second-order valence-corrected chi connectivity index (χ2v) is 6.63. The van der Waals surface area contributed by atoms with Crippen LogP contribution < -0.4 is 20.3 Å². The Hall–Kier alpha value is -1.96. The van der Waals surface area contributed by atoms with Crippen LogP contribution in [0.3, 0.4) is 0 Å². The lowest BCUT2D eigenvalue weighted by atomic mass is 10.1. The molecule has 2 aliphatic rings. The van der Waals surface area contributed by atoms with E-state index in [9.17, 15) is 0 Å². The van der Waals surface area contributed by atoms with E-state index < -0.39 is 0 Å². The minimum Gasteiger partial charge on any atom is -0.481 e. The summed E-state index contributed by atoms with van der Waals surface area (Å²) in [6, 6.07) is 6.27. The monoisotopic (exact) mass is 342 g/mol. The van der Waals surface area contributed by atoms with Crippen LogP contribution in [0.25, 0.3) is 11.0 Å². The van der Waals surface area contributed by atoms with Gasteiger partial charge in [0.25, 0.3) is 0 Å². The van der Waals surface area contributed by atoms with Gasteiger partial charge in [0, 0.05) is 70.4 Å². The molecule has 25 heavy (non-hydrogen) atoms. The molecule has 2 fully saturated rings. The molecular formula is C18H26N6O. The van der Waals surface area contributed by atoms with Gasteiger partial charge in [0.15, 0.2) is 5.65 Å². The number of pyridine rings is 2. The zero-order chi connectivity index (χ0) is 17.1. The molecule has 7 heteroatoms. The fourth-order valence-electron chi connectivity index (χ4n) is 3.55. The number of nitrogens with one attached hydrogen (secondary N) is 2. The van der Waals surface area contributed by atoms with Crippen molar-refractivity contribution in [3.63, 3.8) is 0 Å². The van der Waals surface area contributed by atoms with E-state index in [0.29, 0.717) is 5.88 Å². The molecule has 0 unspecified atom stereocenters. The maximum absolute atomic E-state index is 5.30. The SMILES string of the molecule is COc1ccc2c(CN3CCNCC3)cc(N3CCNCC3)nc2n1. The smallest absolute Gasteiger partial charge is 0.215 e. The molecule has 0 spiro atoms. The van der Waals surface area contributed by atoms with Crippen LogP contribution in [-0.2, 0) is 6.54 Å². The molecule has 0 amide bonds. The van der Waals surface area contributed by atoms with Crippen molar-refractivity contribution < 1.29 is 4.74 Å². The summed E-state index contributed by atoms with van der Waals surface area (Å²) in [6.07, 6.45) is 0. The Labute approximate surface area is 148 Å². The summed E-state index contributed by atoms with van der Waals surface area (Å²) < 4.78 is 5.30. The lowest BCUT2D eigenvalue weighted by Gasteiger charge is -2.30. The van der Waals surface area contributed by atoms with Crippen LogP contribution in [-0.4, -0.2) is 74.3 Å². The van der Waals surface area contributed by atoms with Crippen molar-refractivity contribution >= 4 is 16.9 Å². The lowest BCUT2D eigenvalue weighted by Crippen LogP contribution is -2.44. The first-order valence-corrected chi connectivity index (χ1v) is 9.07. The highest BCUT2D eigenvalue weighted by Gasteiger charge is 2.18. The molecule has 2 aliphatic heterocycles. The molecule has 0 aromatic carbocycles. The number of ether oxygens (including phenoxy) is 1. The van der Waals surface area contributed by atoms with Crippen molar-refractivity contribution in [1.29, 1.82) is 0 Å². The Kier molecular flexibility index (Phi) is 4.96. The van der Waals surface area contributed by atoms with Gasteiger partial charge in [-0.05, 0) is 17.7 Å². The number of hydrogen-bond donors (Lipinski definition) is 2. The van der Waals surface area contributed by atoms with Crippen molar-refractivity contribution in [3.8, 4) is 5.88 Å². The van der Waals surface area contributed by atoms with Crippen molar-refractivity contribution in [3.05, 3.63) is 23.8 Å². The van der Waals surface area contributed by atoms with E-state index in [-0.39, 0.29) is 0 Å². The van der Waals surface area contributed by atoms with Gasteiger partial charge in [-0.1, -0.05) is 0 Å². The molecule has 0 radical (unpaired) electrons. The third kappa shape index (κ3) is 3.68. The van der Waals surface area contributed by atoms with E-state index in [2.05, 4.69) is 37.6 Å². The lowest BCUT2D eigenvalue weighted by molar-refractivity contribution is 0.234. The van der Waals surface area contributed by atoms with Gasteiger partial charge < -0.3 is 20.3 Å². The number of piperazine rings is 2. The van der Waals surface area contributed by atoms with Crippen LogP contribution in [0, 0.1) is 0 Å². The Bertz CT molecular complexity index is 725. The van der Waals surface area contributed by atoms with Crippen molar-refractivity contribution in [2.75, 3.05) is 64.4 Å². The molecule has 0 aliphatic carbocycles. The molecule has 2 aromatic rings. The summed E-state index contributed by atoms with van der Waals surface area (Å²) in [6.45, 7) is 9.17. The Morgan fingerprint density at radius 3 is 2.44 bits per heavy atom. The Balaban J connectivity index is 1.71.